The van der Waals surface area contributed by atoms with Crippen molar-refractivity contribution < 1.29 is 9.72 Å². The van der Waals surface area contributed by atoms with Crippen LogP contribution in [0, 0.1) is 17.0 Å². The number of amides is 1. The first kappa shape index (κ1) is 15.5. The summed E-state index contributed by atoms with van der Waals surface area (Å²) in [5.74, 6) is -0.422. The summed E-state index contributed by atoms with van der Waals surface area (Å²) in [5, 5.41) is 14.0. The maximum Gasteiger partial charge on any atom is 0.273 e. The van der Waals surface area contributed by atoms with E-state index in [0.717, 1.165) is 0 Å². The van der Waals surface area contributed by atoms with Crippen LogP contribution in [0.2, 0.25) is 5.02 Å². The normalized spacial score (nSPS) is 10.2. The van der Waals surface area contributed by atoms with Crippen LogP contribution in [0.1, 0.15) is 15.9 Å². The monoisotopic (exact) mass is 368 g/mol. The number of halogens is 2. The highest BCUT2D eigenvalue weighted by molar-refractivity contribution is 9.10. The zero-order valence-corrected chi connectivity index (χ0v) is 13.2. The van der Waals surface area contributed by atoms with Gasteiger partial charge >= 0.3 is 0 Å². The second-order valence-corrected chi connectivity index (χ2v) is 5.55. The Morgan fingerprint density at radius 3 is 2.67 bits per heavy atom. The second kappa shape index (κ2) is 6.24. The molecular weight excluding hydrogens is 360 g/mol. The van der Waals surface area contributed by atoms with Gasteiger partial charge in [-0.05, 0) is 47.1 Å². The molecule has 1 amide bonds. The van der Waals surface area contributed by atoms with Crippen molar-refractivity contribution in [3.05, 3.63) is 67.1 Å². The van der Waals surface area contributed by atoms with Crippen molar-refractivity contribution >= 4 is 44.8 Å². The Morgan fingerprint density at radius 2 is 2.05 bits per heavy atom. The number of nitro benzene ring substituents is 1. The molecule has 0 fully saturated rings. The summed E-state index contributed by atoms with van der Waals surface area (Å²) < 4.78 is 0.716. The first-order valence-corrected chi connectivity index (χ1v) is 7.07. The number of benzene rings is 2. The van der Waals surface area contributed by atoms with Gasteiger partial charge in [0.05, 0.1) is 9.95 Å². The lowest BCUT2D eigenvalue weighted by Crippen LogP contribution is -2.14. The summed E-state index contributed by atoms with van der Waals surface area (Å²) >= 11 is 9.21. The molecule has 108 valence electrons. The van der Waals surface area contributed by atoms with E-state index in [-0.39, 0.29) is 11.3 Å². The number of carbonyl (C=O) groups is 1. The average molecular weight is 370 g/mol. The van der Waals surface area contributed by atoms with Gasteiger partial charge in [-0.2, -0.15) is 0 Å². The molecule has 0 radical (unpaired) electrons. The summed E-state index contributed by atoms with van der Waals surface area (Å²) in [5.41, 5.74) is 1.00. The Kier molecular flexibility index (Phi) is 4.59. The van der Waals surface area contributed by atoms with Crippen molar-refractivity contribution in [2.75, 3.05) is 5.32 Å². The quantitative estimate of drug-likeness (QED) is 0.636. The molecule has 1 N–H and O–H groups in total. The summed E-state index contributed by atoms with van der Waals surface area (Å²) in [6.07, 6.45) is 0. The van der Waals surface area contributed by atoms with E-state index in [1.807, 2.05) is 0 Å². The zero-order chi connectivity index (χ0) is 15.6. The Hall–Kier alpha value is -1.92. The van der Waals surface area contributed by atoms with Gasteiger partial charge in [-0.25, -0.2) is 0 Å². The topological polar surface area (TPSA) is 72.2 Å². The van der Waals surface area contributed by atoms with Crippen LogP contribution in [0.15, 0.2) is 40.9 Å². The molecular formula is C14H10BrClN2O3. The maximum atomic E-state index is 12.2. The Bertz CT molecular complexity index is 734. The highest BCUT2D eigenvalue weighted by Gasteiger charge is 2.18. The number of nitro groups is 1. The fourth-order valence-corrected chi connectivity index (χ4v) is 2.27. The molecule has 0 saturated heterocycles. The second-order valence-electron chi connectivity index (χ2n) is 4.29. The molecule has 0 aliphatic rings. The lowest BCUT2D eigenvalue weighted by molar-refractivity contribution is -0.385. The minimum Gasteiger partial charge on any atom is -0.322 e. The first-order chi connectivity index (χ1) is 9.90. The number of nitrogens with zero attached hydrogens (tertiary/aromatic N) is 1. The van der Waals surface area contributed by atoms with Gasteiger partial charge in [-0.1, -0.05) is 17.7 Å². The van der Waals surface area contributed by atoms with Gasteiger partial charge in [-0.3, -0.25) is 14.9 Å². The predicted octanol–water partition coefficient (Wildman–Crippen LogP) is 4.57. The van der Waals surface area contributed by atoms with Crippen LogP contribution < -0.4 is 5.32 Å². The van der Waals surface area contributed by atoms with Gasteiger partial charge < -0.3 is 5.32 Å². The summed E-state index contributed by atoms with van der Waals surface area (Å²) in [7, 11) is 0. The first-order valence-electron chi connectivity index (χ1n) is 5.90. The minimum atomic E-state index is -0.511. The van der Waals surface area contributed by atoms with E-state index in [1.165, 1.54) is 18.2 Å². The minimum absolute atomic E-state index is 0.0866. The van der Waals surface area contributed by atoms with Crippen molar-refractivity contribution in [1.82, 2.24) is 0 Å². The molecule has 2 aromatic carbocycles. The van der Waals surface area contributed by atoms with Crippen LogP contribution in [-0.2, 0) is 0 Å². The van der Waals surface area contributed by atoms with Gasteiger partial charge in [0.1, 0.15) is 0 Å². The van der Waals surface area contributed by atoms with E-state index in [4.69, 9.17) is 11.6 Å². The van der Waals surface area contributed by atoms with E-state index in [0.29, 0.717) is 20.7 Å². The molecule has 0 spiro atoms. The lowest BCUT2D eigenvalue weighted by atomic mass is 10.1. The number of carbonyl (C=O) groups excluding carboxylic acids is 1. The van der Waals surface area contributed by atoms with Crippen LogP contribution in [-0.4, -0.2) is 10.8 Å². The molecule has 0 saturated carbocycles. The Morgan fingerprint density at radius 1 is 1.33 bits per heavy atom. The van der Waals surface area contributed by atoms with Crippen molar-refractivity contribution in [2.45, 2.75) is 6.92 Å². The number of hydrogen-bond donors (Lipinski definition) is 1. The third kappa shape index (κ3) is 3.40. The fourth-order valence-electron chi connectivity index (χ4n) is 1.84. The van der Waals surface area contributed by atoms with Gasteiger partial charge in [0.25, 0.3) is 11.6 Å². The standard InChI is InChI=1S/C14H10BrClN2O3/c1-8-10(3-2-4-13(8)18(20)21)14(19)17-9-5-6-11(15)12(16)7-9/h2-7H,1H3,(H,17,19). The van der Waals surface area contributed by atoms with Crippen LogP contribution >= 0.6 is 27.5 Å². The van der Waals surface area contributed by atoms with E-state index in [2.05, 4.69) is 21.2 Å². The molecule has 2 rings (SSSR count). The molecule has 0 aliphatic heterocycles. The summed E-state index contributed by atoms with van der Waals surface area (Å²) in [6, 6.07) is 9.37. The largest absolute Gasteiger partial charge is 0.322 e. The summed E-state index contributed by atoms with van der Waals surface area (Å²) in [6.45, 7) is 1.54. The third-order valence-corrected chi connectivity index (χ3v) is 4.16. The van der Waals surface area contributed by atoms with Crippen molar-refractivity contribution in [2.24, 2.45) is 0 Å². The average Bonchev–Trinajstić information content (AvgIpc) is 2.42. The maximum absolute atomic E-state index is 12.2. The van der Waals surface area contributed by atoms with Crippen molar-refractivity contribution in [3.63, 3.8) is 0 Å². The summed E-state index contributed by atoms with van der Waals surface area (Å²) in [4.78, 5) is 22.6. The van der Waals surface area contributed by atoms with Crippen LogP contribution in [0.4, 0.5) is 11.4 Å². The van der Waals surface area contributed by atoms with E-state index in [1.54, 1.807) is 25.1 Å². The number of nitrogens with one attached hydrogen (secondary N) is 1. The predicted molar refractivity (Wildman–Crippen MR) is 84.9 cm³/mol. The van der Waals surface area contributed by atoms with E-state index < -0.39 is 10.8 Å². The van der Waals surface area contributed by atoms with Crippen molar-refractivity contribution in [3.8, 4) is 0 Å². The molecule has 0 atom stereocenters. The molecule has 0 heterocycles. The van der Waals surface area contributed by atoms with Crippen LogP contribution in [0.3, 0.4) is 0 Å². The molecule has 2 aromatic rings. The molecule has 0 unspecified atom stereocenters. The number of hydrogen-bond acceptors (Lipinski definition) is 3. The molecule has 0 aliphatic carbocycles. The van der Waals surface area contributed by atoms with Gasteiger partial charge in [0.15, 0.2) is 0 Å². The molecule has 0 bridgehead atoms. The van der Waals surface area contributed by atoms with Crippen LogP contribution in [0.25, 0.3) is 0 Å². The molecule has 21 heavy (non-hydrogen) atoms. The lowest BCUT2D eigenvalue weighted by Gasteiger charge is -2.08. The smallest absolute Gasteiger partial charge is 0.273 e. The van der Waals surface area contributed by atoms with Crippen molar-refractivity contribution in [1.29, 1.82) is 0 Å². The number of anilines is 1. The van der Waals surface area contributed by atoms with Gasteiger partial charge in [0.2, 0.25) is 0 Å². The highest BCUT2D eigenvalue weighted by Crippen LogP contribution is 2.26. The van der Waals surface area contributed by atoms with E-state index >= 15 is 0 Å². The van der Waals surface area contributed by atoms with E-state index in [9.17, 15) is 14.9 Å². The third-order valence-electron chi connectivity index (χ3n) is 2.92. The molecule has 5 nitrogen and oxygen atoms in total. The molecule has 0 aromatic heterocycles. The Balaban J connectivity index is 2.30. The SMILES string of the molecule is Cc1c(C(=O)Nc2ccc(Br)c(Cl)c2)cccc1[N+](=O)[O-]. The Labute approximate surface area is 134 Å². The van der Waals surface area contributed by atoms with Gasteiger partial charge in [0, 0.05) is 27.4 Å². The molecule has 7 heteroatoms. The van der Waals surface area contributed by atoms with Crippen LogP contribution in [0.5, 0.6) is 0 Å². The highest BCUT2D eigenvalue weighted by atomic mass is 79.9. The fraction of sp³-hybridized carbons (Fsp3) is 0.0714. The zero-order valence-electron chi connectivity index (χ0n) is 10.9. The number of rotatable bonds is 3. The van der Waals surface area contributed by atoms with Gasteiger partial charge in [-0.15, -0.1) is 0 Å².